The van der Waals surface area contributed by atoms with E-state index in [-0.39, 0.29) is 11.6 Å². The zero-order valence-corrected chi connectivity index (χ0v) is 14.0. The van der Waals surface area contributed by atoms with Gasteiger partial charge in [0, 0.05) is 0 Å². The number of imidazole rings is 1. The number of carbonyl (C=O) groups excluding carboxylic acids is 1. The third-order valence-electron chi connectivity index (χ3n) is 4.07. The Morgan fingerprint density at radius 2 is 2.12 bits per heavy atom. The molecule has 0 spiro atoms. The van der Waals surface area contributed by atoms with Crippen LogP contribution >= 0.6 is 7.82 Å². The zero-order valence-electron chi connectivity index (χ0n) is 13.1. The lowest BCUT2D eigenvalue weighted by molar-refractivity contribution is -0.133. The van der Waals surface area contributed by atoms with Crippen molar-refractivity contribution in [2.24, 2.45) is 0 Å². The fraction of sp³-hybridized carbons (Fsp3) is 0.462. The smallest absolute Gasteiger partial charge is 0.341 e. The fourth-order valence-corrected chi connectivity index (χ4v) is 4.16. The number of phosphoric acid groups is 1. The first-order valence-electron chi connectivity index (χ1n) is 7.27. The van der Waals surface area contributed by atoms with E-state index in [0.717, 1.165) is 0 Å². The van der Waals surface area contributed by atoms with Crippen LogP contribution < -0.4 is 0 Å². The molecule has 2 aliphatic heterocycles. The van der Waals surface area contributed by atoms with Crippen LogP contribution in [0, 0.1) is 18.3 Å². The number of Topliss-reactive ketones (excluding diaryl/α,β-unsaturated/α-hetero) is 1. The van der Waals surface area contributed by atoms with Crippen LogP contribution in [0.1, 0.15) is 24.7 Å². The van der Waals surface area contributed by atoms with Crippen molar-refractivity contribution in [1.29, 1.82) is 5.26 Å². The molecule has 5 unspecified atom stereocenters. The van der Waals surface area contributed by atoms with Crippen molar-refractivity contribution in [3.05, 3.63) is 17.8 Å². The fourth-order valence-electron chi connectivity index (χ4n) is 3.04. The molecular weight excluding hydrogens is 353 g/mol. The molecule has 12 heteroatoms. The Balaban J connectivity index is 1.83. The van der Waals surface area contributed by atoms with E-state index in [1.54, 1.807) is 6.92 Å². The van der Waals surface area contributed by atoms with Crippen LogP contribution in [0.5, 0.6) is 0 Å². The number of nitriles is 1. The maximum Gasteiger partial charge on any atom is 0.473 e. The molecule has 0 saturated carbocycles. The van der Waals surface area contributed by atoms with Gasteiger partial charge < -0.3 is 9.63 Å². The number of carbonyl (C=O) groups is 1. The summed E-state index contributed by atoms with van der Waals surface area (Å²) in [7, 11) is -4.27. The number of ether oxygens (including phenoxy) is 1. The van der Waals surface area contributed by atoms with Crippen molar-refractivity contribution >= 4 is 24.8 Å². The number of fused-ring (bicyclic) bond motifs is 2. The Bertz CT molecular complexity index is 983. The number of ketones is 1. The monoisotopic (exact) mass is 365 g/mol. The second-order valence-corrected chi connectivity index (χ2v) is 7.09. The number of rotatable bonds is 2. The molecule has 2 aromatic heterocycles. The van der Waals surface area contributed by atoms with E-state index < -0.39 is 32.4 Å². The summed E-state index contributed by atoms with van der Waals surface area (Å²) in [5, 5.41) is 9.05. The van der Waals surface area contributed by atoms with Crippen molar-refractivity contribution in [2.75, 3.05) is 0 Å². The normalized spacial score (nSPS) is 34.2. The number of hydrogen-bond acceptors (Lipinski definition) is 9. The number of aryl methyl sites for hydroxylation is 1. The quantitative estimate of drug-likeness (QED) is 0.740. The average molecular weight is 365 g/mol. The predicted octanol–water partition coefficient (Wildman–Crippen LogP) is 0.377. The minimum Gasteiger partial charge on any atom is -0.341 e. The van der Waals surface area contributed by atoms with E-state index in [9.17, 15) is 14.3 Å². The van der Waals surface area contributed by atoms with Gasteiger partial charge in [-0.2, -0.15) is 10.2 Å². The average Bonchev–Trinajstić information content (AvgIpc) is 3.17. The SMILES string of the molecule is CC(=O)C1OC(n2cnc3c(C)nc(C#N)nc32)C2OP(=O)(O)OC12. The van der Waals surface area contributed by atoms with Crippen LogP contribution in [0.3, 0.4) is 0 Å². The third-order valence-corrected chi connectivity index (χ3v) is 5.09. The summed E-state index contributed by atoms with van der Waals surface area (Å²) in [5.74, 6) is -0.420. The van der Waals surface area contributed by atoms with Gasteiger partial charge in [-0.1, -0.05) is 0 Å². The van der Waals surface area contributed by atoms with Gasteiger partial charge in [0.1, 0.15) is 29.9 Å². The summed E-state index contributed by atoms with van der Waals surface area (Å²) in [6.45, 7) is 2.97. The molecule has 0 aromatic carbocycles. The topological polar surface area (TPSA) is 149 Å². The van der Waals surface area contributed by atoms with Crippen molar-refractivity contribution in [1.82, 2.24) is 19.5 Å². The number of nitrogens with zero attached hydrogens (tertiary/aromatic N) is 5. The van der Waals surface area contributed by atoms with Crippen LogP contribution in [0.15, 0.2) is 6.33 Å². The van der Waals surface area contributed by atoms with Gasteiger partial charge in [-0.25, -0.2) is 14.5 Å². The van der Waals surface area contributed by atoms with Gasteiger partial charge in [0.25, 0.3) is 0 Å². The highest BCUT2D eigenvalue weighted by atomic mass is 31.2. The molecule has 2 aliphatic rings. The molecule has 4 rings (SSSR count). The molecule has 11 nitrogen and oxygen atoms in total. The van der Waals surface area contributed by atoms with Crippen LogP contribution in [-0.2, 0) is 23.1 Å². The molecule has 4 heterocycles. The minimum atomic E-state index is -4.27. The van der Waals surface area contributed by atoms with Crippen molar-refractivity contribution in [3.63, 3.8) is 0 Å². The molecule has 0 radical (unpaired) electrons. The van der Waals surface area contributed by atoms with Crippen molar-refractivity contribution in [3.8, 4) is 6.07 Å². The molecule has 2 saturated heterocycles. The Morgan fingerprint density at radius 1 is 1.40 bits per heavy atom. The van der Waals surface area contributed by atoms with Gasteiger partial charge in [-0.3, -0.25) is 18.4 Å². The number of hydrogen-bond donors (Lipinski definition) is 1. The van der Waals surface area contributed by atoms with Crippen molar-refractivity contribution in [2.45, 2.75) is 38.4 Å². The van der Waals surface area contributed by atoms with Crippen LogP contribution in [0.4, 0.5) is 0 Å². The van der Waals surface area contributed by atoms with Crippen LogP contribution in [0.25, 0.3) is 11.2 Å². The number of phosphoric ester groups is 1. The molecule has 1 N–H and O–H groups in total. The summed E-state index contributed by atoms with van der Waals surface area (Å²) in [6, 6.07) is 1.86. The molecule has 0 amide bonds. The van der Waals surface area contributed by atoms with E-state index in [1.807, 2.05) is 6.07 Å². The van der Waals surface area contributed by atoms with Gasteiger partial charge in [0.2, 0.25) is 5.82 Å². The Kier molecular flexibility index (Phi) is 3.50. The predicted molar refractivity (Wildman–Crippen MR) is 78.9 cm³/mol. The maximum absolute atomic E-state index is 11.8. The zero-order chi connectivity index (χ0) is 17.9. The first-order valence-corrected chi connectivity index (χ1v) is 8.77. The second kappa shape index (κ2) is 5.39. The van der Waals surface area contributed by atoms with Crippen molar-refractivity contribution < 1.29 is 28.0 Å². The van der Waals surface area contributed by atoms with Gasteiger partial charge in [0.05, 0.1) is 12.0 Å². The highest BCUT2D eigenvalue weighted by Crippen LogP contribution is 2.58. The molecular formula is C13H12N5O6P. The summed E-state index contributed by atoms with van der Waals surface area (Å²) >= 11 is 0. The summed E-state index contributed by atoms with van der Waals surface area (Å²) in [5.41, 5.74) is 1.23. The van der Waals surface area contributed by atoms with Gasteiger partial charge in [0.15, 0.2) is 17.7 Å². The van der Waals surface area contributed by atoms with E-state index in [2.05, 4.69) is 15.0 Å². The largest absolute Gasteiger partial charge is 0.473 e. The highest BCUT2D eigenvalue weighted by molar-refractivity contribution is 7.47. The Morgan fingerprint density at radius 3 is 2.80 bits per heavy atom. The molecule has 0 aliphatic carbocycles. The first-order chi connectivity index (χ1) is 11.8. The lowest BCUT2D eigenvalue weighted by Crippen LogP contribution is -2.32. The number of aromatic nitrogens is 4. The van der Waals surface area contributed by atoms with Crippen LogP contribution in [-0.4, -0.2) is 48.5 Å². The lowest BCUT2D eigenvalue weighted by atomic mass is 10.1. The molecule has 5 atom stereocenters. The summed E-state index contributed by atoms with van der Waals surface area (Å²) in [4.78, 5) is 33.7. The van der Waals surface area contributed by atoms with Gasteiger partial charge in [-0.15, -0.1) is 0 Å². The van der Waals surface area contributed by atoms with E-state index in [0.29, 0.717) is 16.9 Å². The highest BCUT2D eigenvalue weighted by Gasteiger charge is 2.59. The molecule has 25 heavy (non-hydrogen) atoms. The van der Waals surface area contributed by atoms with Crippen LogP contribution in [0.2, 0.25) is 0 Å². The Labute approximate surface area is 140 Å². The molecule has 130 valence electrons. The van der Waals surface area contributed by atoms with E-state index in [1.165, 1.54) is 17.8 Å². The third kappa shape index (κ3) is 2.47. The summed E-state index contributed by atoms with van der Waals surface area (Å²) < 4.78 is 29.0. The van der Waals surface area contributed by atoms with E-state index in [4.69, 9.17) is 19.0 Å². The first kappa shape index (κ1) is 16.3. The second-order valence-electron chi connectivity index (χ2n) is 5.73. The van der Waals surface area contributed by atoms with Gasteiger partial charge >= 0.3 is 7.82 Å². The molecule has 0 bridgehead atoms. The van der Waals surface area contributed by atoms with Gasteiger partial charge in [-0.05, 0) is 13.8 Å². The standard InChI is InChI=1S/C13H12N5O6P/c1-5-8-12(17-7(3-14)16-5)18(4-15-8)13-11-10(9(22-13)6(2)19)23-25(20,21)24-11/h4,9-11,13H,1-2H3,(H,20,21). The minimum absolute atomic E-state index is 0.0548. The van der Waals surface area contributed by atoms with E-state index >= 15 is 0 Å². The molecule has 2 aromatic rings. The Hall–Kier alpha value is -2.22. The maximum atomic E-state index is 11.8. The molecule has 2 fully saturated rings. The lowest BCUT2D eigenvalue weighted by Gasteiger charge is -2.18. The summed E-state index contributed by atoms with van der Waals surface area (Å²) in [6.07, 6.45) is -2.65.